The first kappa shape index (κ1) is 8.75. The third-order valence-electron chi connectivity index (χ3n) is 2.28. The van der Waals surface area contributed by atoms with E-state index >= 15 is 0 Å². The van der Waals surface area contributed by atoms with E-state index in [0.29, 0.717) is 5.56 Å². The highest BCUT2D eigenvalue weighted by Gasteiger charge is 2.01. The molecule has 0 aliphatic heterocycles. The quantitative estimate of drug-likeness (QED) is 0.727. The first-order chi connectivity index (χ1) is 6.66. The minimum atomic E-state index is -0.381. The van der Waals surface area contributed by atoms with Gasteiger partial charge in [0.15, 0.2) is 0 Å². The van der Waals surface area contributed by atoms with Gasteiger partial charge in [-0.1, -0.05) is 29.8 Å². The molecule has 2 heteroatoms. The van der Waals surface area contributed by atoms with Crippen molar-refractivity contribution in [2.24, 2.45) is 5.73 Å². The highest BCUT2D eigenvalue weighted by molar-refractivity contribution is 5.97. The summed E-state index contributed by atoms with van der Waals surface area (Å²) in [5.41, 5.74) is 6.94. The largest absolute Gasteiger partial charge is 0.366 e. The lowest BCUT2D eigenvalue weighted by molar-refractivity contribution is 0.100. The van der Waals surface area contributed by atoms with E-state index in [1.54, 1.807) is 6.07 Å². The predicted molar refractivity (Wildman–Crippen MR) is 57.2 cm³/mol. The number of carbonyl (C=O) groups is 1. The molecule has 2 N–H and O–H groups in total. The molecule has 0 saturated carbocycles. The van der Waals surface area contributed by atoms with Crippen LogP contribution in [0.25, 0.3) is 10.8 Å². The van der Waals surface area contributed by atoms with E-state index in [1.807, 2.05) is 37.3 Å². The van der Waals surface area contributed by atoms with Gasteiger partial charge in [0.05, 0.1) is 0 Å². The second-order valence-electron chi connectivity index (χ2n) is 3.43. The van der Waals surface area contributed by atoms with E-state index in [1.165, 1.54) is 5.56 Å². The fourth-order valence-electron chi connectivity index (χ4n) is 1.52. The van der Waals surface area contributed by atoms with Crippen LogP contribution in [0.2, 0.25) is 0 Å². The molecule has 0 aliphatic rings. The third-order valence-corrected chi connectivity index (χ3v) is 2.28. The zero-order valence-electron chi connectivity index (χ0n) is 7.95. The van der Waals surface area contributed by atoms with Gasteiger partial charge in [-0.05, 0) is 29.8 Å². The molecule has 0 spiro atoms. The SMILES string of the molecule is Cc1ccc2ccc(C(N)=O)cc2c1. The number of benzene rings is 2. The van der Waals surface area contributed by atoms with Gasteiger partial charge >= 0.3 is 0 Å². The van der Waals surface area contributed by atoms with Crippen molar-refractivity contribution in [2.75, 3.05) is 0 Å². The Morgan fingerprint density at radius 1 is 1.07 bits per heavy atom. The first-order valence-corrected chi connectivity index (χ1v) is 4.47. The molecule has 0 heterocycles. The molecule has 2 aromatic carbocycles. The normalized spacial score (nSPS) is 10.4. The summed E-state index contributed by atoms with van der Waals surface area (Å²) in [5.74, 6) is -0.381. The number of primary amides is 1. The van der Waals surface area contributed by atoms with Crippen LogP contribution in [0.5, 0.6) is 0 Å². The molecule has 0 aromatic heterocycles. The fourth-order valence-corrected chi connectivity index (χ4v) is 1.52. The molecule has 0 unspecified atom stereocenters. The van der Waals surface area contributed by atoms with E-state index < -0.39 is 0 Å². The van der Waals surface area contributed by atoms with Gasteiger partial charge in [-0.3, -0.25) is 4.79 Å². The van der Waals surface area contributed by atoms with Crippen LogP contribution < -0.4 is 5.73 Å². The Hall–Kier alpha value is -1.83. The van der Waals surface area contributed by atoms with Crippen molar-refractivity contribution in [2.45, 2.75) is 6.92 Å². The summed E-state index contributed by atoms with van der Waals surface area (Å²) in [4.78, 5) is 11.0. The van der Waals surface area contributed by atoms with Crippen LogP contribution in [0.4, 0.5) is 0 Å². The van der Waals surface area contributed by atoms with Gasteiger partial charge in [-0.15, -0.1) is 0 Å². The Labute approximate surface area is 82.3 Å². The molecule has 2 rings (SSSR count). The van der Waals surface area contributed by atoms with Crippen LogP contribution in [0.15, 0.2) is 36.4 Å². The molecular weight excluding hydrogens is 174 g/mol. The Balaban J connectivity index is 2.69. The lowest BCUT2D eigenvalue weighted by Crippen LogP contribution is -2.10. The smallest absolute Gasteiger partial charge is 0.248 e. The van der Waals surface area contributed by atoms with Gasteiger partial charge < -0.3 is 5.73 Å². The zero-order valence-corrected chi connectivity index (χ0v) is 7.95. The summed E-state index contributed by atoms with van der Waals surface area (Å²) >= 11 is 0. The highest BCUT2D eigenvalue weighted by atomic mass is 16.1. The second kappa shape index (κ2) is 3.14. The standard InChI is InChI=1S/C12H11NO/c1-8-2-3-9-4-5-10(12(13)14)7-11(9)6-8/h2-7H,1H3,(H2,13,14). The number of aryl methyl sites for hydroxylation is 1. The Kier molecular flexibility index (Phi) is 1.97. The van der Waals surface area contributed by atoms with Crippen molar-refractivity contribution in [3.63, 3.8) is 0 Å². The molecule has 2 nitrogen and oxygen atoms in total. The van der Waals surface area contributed by atoms with Gasteiger partial charge in [-0.2, -0.15) is 0 Å². The number of hydrogen-bond donors (Lipinski definition) is 1. The molecule has 0 atom stereocenters. The third kappa shape index (κ3) is 1.46. The van der Waals surface area contributed by atoms with Crippen molar-refractivity contribution >= 4 is 16.7 Å². The molecule has 1 amide bonds. The van der Waals surface area contributed by atoms with E-state index in [2.05, 4.69) is 0 Å². The Bertz CT molecular complexity index is 503. The summed E-state index contributed by atoms with van der Waals surface area (Å²) in [6.45, 7) is 2.02. The minimum Gasteiger partial charge on any atom is -0.366 e. The minimum absolute atomic E-state index is 0.381. The van der Waals surface area contributed by atoms with E-state index in [4.69, 9.17) is 5.73 Å². The number of fused-ring (bicyclic) bond motifs is 1. The van der Waals surface area contributed by atoms with Crippen LogP contribution in [0, 0.1) is 6.92 Å². The topological polar surface area (TPSA) is 43.1 Å². The molecule has 2 aromatic rings. The maximum atomic E-state index is 11.0. The maximum Gasteiger partial charge on any atom is 0.248 e. The Morgan fingerprint density at radius 3 is 2.50 bits per heavy atom. The van der Waals surface area contributed by atoms with Gasteiger partial charge in [0.1, 0.15) is 0 Å². The molecule has 0 radical (unpaired) electrons. The Morgan fingerprint density at radius 2 is 1.79 bits per heavy atom. The fraction of sp³-hybridized carbons (Fsp3) is 0.0833. The average Bonchev–Trinajstić information content (AvgIpc) is 2.16. The van der Waals surface area contributed by atoms with Gasteiger partial charge in [-0.25, -0.2) is 0 Å². The second-order valence-corrected chi connectivity index (χ2v) is 3.43. The molecule has 14 heavy (non-hydrogen) atoms. The maximum absolute atomic E-state index is 11.0. The number of nitrogens with two attached hydrogens (primary N) is 1. The predicted octanol–water partition coefficient (Wildman–Crippen LogP) is 2.25. The van der Waals surface area contributed by atoms with Crippen LogP contribution in [-0.4, -0.2) is 5.91 Å². The van der Waals surface area contributed by atoms with Crippen molar-refractivity contribution in [1.29, 1.82) is 0 Å². The van der Waals surface area contributed by atoms with Crippen LogP contribution in [0.3, 0.4) is 0 Å². The summed E-state index contributed by atoms with van der Waals surface area (Å²) in [5, 5.41) is 2.18. The van der Waals surface area contributed by atoms with Crippen molar-refractivity contribution < 1.29 is 4.79 Å². The van der Waals surface area contributed by atoms with Crippen molar-refractivity contribution in [1.82, 2.24) is 0 Å². The van der Waals surface area contributed by atoms with E-state index in [0.717, 1.165) is 10.8 Å². The highest BCUT2D eigenvalue weighted by Crippen LogP contribution is 2.17. The number of carbonyl (C=O) groups excluding carboxylic acids is 1. The lowest BCUT2D eigenvalue weighted by Gasteiger charge is -2.01. The molecule has 0 fully saturated rings. The molecule has 0 saturated heterocycles. The van der Waals surface area contributed by atoms with Gasteiger partial charge in [0.2, 0.25) is 5.91 Å². The molecule has 70 valence electrons. The molecule has 0 bridgehead atoms. The van der Waals surface area contributed by atoms with Crippen molar-refractivity contribution in [3.05, 3.63) is 47.5 Å². The van der Waals surface area contributed by atoms with Crippen LogP contribution in [0.1, 0.15) is 15.9 Å². The van der Waals surface area contributed by atoms with E-state index in [-0.39, 0.29) is 5.91 Å². The molecule has 0 aliphatic carbocycles. The van der Waals surface area contributed by atoms with Crippen LogP contribution in [-0.2, 0) is 0 Å². The lowest BCUT2D eigenvalue weighted by atomic mass is 10.0. The zero-order chi connectivity index (χ0) is 10.1. The molecular formula is C12H11NO. The van der Waals surface area contributed by atoms with Crippen molar-refractivity contribution in [3.8, 4) is 0 Å². The monoisotopic (exact) mass is 185 g/mol. The first-order valence-electron chi connectivity index (χ1n) is 4.47. The summed E-state index contributed by atoms with van der Waals surface area (Å²) in [6.07, 6.45) is 0. The summed E-state index contributed by atoms with van der Waals surface area (Å²) in [6, 6.07) is 11.6. The summed E-state index contributed by atoms with van der Waals surface area (Å²) in [7, 11) is 0. The number of hydrogen-bond acceptors (Lipinski definition) is 1. The van der Waals surface area contributed by atoms with Crippen LogP contribution >= 0.6 is 0 Å². The summed E-state index contributed by atoms with van der Waals surface area (Å²) < 4.78 is 0. The van der Waals surface area contributed by atoms with Gasteiger partial charge in [0, 0.05) is 5.56 Å². The number of rotatable bonds is 1. The average molecular weight is 185 g/mol. The van der Waals surface area contributed by atoms with E-state index in [9.17, 15) is 4.79 Å². The number of amides is 1. The van der Waals surface area contributed by atoms with Gasteiger partial charge in [0.25, 0.3) is 0 Å².